The number of benzene rings is 1. The van der Waals surface area contributed by atoms with E-state index in [1.54, 1.807) is 0 Å². The van der Waals surface area contributed by atoms with Crippen LogP contribution in [0.4, 0.5) is 5.69 Å². The first-order valence-corrected chi connectivity index (χ1v) is 10.0. The lowest BCUT2D eigenvalue weighted by Gasteiger charge is -2.32. The molecule has 1 N–H and O–H groups in total. The molecule has 1 aromatic rings. The molecule has 0 spiro atoms. The molecule has 1 unspecified atom stereocenters. The molecular formula is C21H33N3O2. The number of carbonyl (C=O) groups excluding carboxylic acids is 2. The fourth-order valence-electron chi connectivity index (χ4n) is 3.51. The van der Waals surface area contributed by atoms with Crippen molar-refractivity contribution >= 4 is 17.5 Å². The molecule has 1 aliphatic rings. The summed E-state index contributed by atoms with van der Waals surface area (Å²) >= 11 is 0. The highest BCUT2D eigenvalue weighted by Gasteiger charge is 2.28. The Morgan fingerprint density at radius 3 is 2.54 bits per heavy atom. The summed E-state index contributed by atoms with van der Waals surface area (Å²) in [5, 5.41) is 2.88. The van der Waals surface area contributed by atoms with Crippen molar-refractivity contribution in [2.45, 2.75) is 46.5 Å². The monoisotopic (exact) mass is 359 g/mol. The van der Waals surface area contributed by atoms with Gasteiger partial charge in [0, 0.05) is 44.0 Å². The van der Waals surface area contributed by atoms with Crippen LogP contribution in [0.25, 0.3) is 0 Å². The summed E-state index contributed by atoms with van der Waals surface area (Å²) in [6, 6.07) is 7.92. The van der Waals surface area contributed by atoms with Gasteiger partial charge in [0.05, 0.1) is 5.92 Å². The maximum atomic E-state index is 12.8. The molecular weight excluding hydrogens is 326 g/mol. The lowest BCUT2D eigenvalue weighted by atomic mass is 9.96. The fraction of sp³-hybridized carbons (Fsp3) is 0.619. The van der Waals surface area contributed by atoms with E-state index in [2.05, 4.69) is 24.1 Å². The van der Waals surface area contributed by atoms with Gasteiger partial charge < -0.3 is 15.1 Å². The predicted octanol–water partition coefficient (Wildman–Crippen LogP) is 3.30. The fourth-order valence-corrected chi connectivity index (χ4v) is 3.51. The van der Waals surface area contributed by atoms with Crippen molar-refractivity contribution in [1.29, 1.82) is 0 Å². The number of unbranched alkanes of at least 4 members (excludes halogenated alkanes) is 1. The Balaban J connectivity index is 2.01. The van der Waals surface area contributed by atoms with Gasteiger partial charge in [0.15, 0.2) is 0 Å². The summed E-state index contributed by atoms with van der Waals surface area (Å²) in [4.78, 5) is 29.1. The van der Waals surface area contributed by atoms with Crippen molar-refractivity contribution in [3.05, 3.63) is 29.8 Å². The van der Waals surface area contributed by atoms with Gasteiger partial charge in [-0.2, -0.15) is 0 Å². The van der Waals surface area contributed by atoms with Crippen LogP contribution in [0.15, 0.2) is 24.3 Å². The summed E-state index contributed by atoms with van der Waals surface area (Å²) in [6.07, 6.45) is 4.09. The standard InChI is InChI=1S/C21H33N3O2/c1-4-7-14-23(6-3)19-12-10-17(11-13-19)21(26)24-15-8-9-18(16-24)20(25)22-5-2/h10-13,18H,4-9,14-16H2,1-3H3,(H,22,25). The number of piperidine rings is 1. The van der Waals surface area contributed by atoms with Gasteiger partial charge in [-0.05, 0) is 57.4 Å². The number of nitrogens with one attached hydrogen (secondary N) is 1. The van der Waals surface area contributed by atoms with Crippen molar-refractivity contribution in [1.82, 2.24) is 10.2 Å². The van der Waals surface area contributed by atoms with Crippen LogP contribution in [-0.2, 0) is 4.79 Å². The predicted molar refractivity (Wildman–Crippen MR) is 107 cm³/mol. The molecule has 144 valence electrons. The molecule has 26 heavy (non-hydrogen) atoms. The van der Waals surface area contributed by atoms with E-state index in [0.29, 0.717) is 18.7 Å². The van der Waals surface area contributed by atoms with Gasteiger partial charge in [0.25, 0.3) is 5.91 Å². The van der Waals surface area contributed by atoms with Crippen LogP contribution in [0.5, 0.6) is 0 Å². The first-order chi connectivity index (χ1) is 12.6. The summed E-state index contributed by atoms with van der Waals surface area (Å²) in [7, 11) is 0. The highest BCUT2D eigenvalue weighted by Crippen LogP contribution is 2.21. The number of hydrogen-bond donors (Lipinski definition) is 1. The van der Waals surface area contributed by atoms with Crippen molar-refractivity contribution in [2.75, 3.05) is 37.6 Å². The van der Waals surface area contributed by atoms with Gasteiger partial charge in [0.1, 0.15) is 0 Å². The Morgan fingerprint density at radius 1 is 1.19 bits per heavy atom. The highest BCUT2D eigenvalue weighted by atomic mass is 16.2. The molecule has 1 aliphatic heterocycles. The van der Waals surface area contributed by atoms with E-state index in [9.17, 15) is 9.59 Å². The summed E-state index contributed by atoms with van der Waals surface area (Å²) in [6.45, 7) is 10.2. The summed E-state index contributed by atoms with van der Waals surface area (Å²) in [5.41, 5.74) is 1.87. The van der Waals surface area contributed by atoms with Crippen molar-refractivity contribution < 1.29 is 9.59 Å². The zero-order valence-corrected chi connectivity index (χ0v) is 16.5. The van der Waals surface area contributed by atoms with Gasteiger partial charge in [-0.3, -0.25) is 9.59 Å². The molecule has 5 heteroatoms. The molecule has 5 nitrogen and oxygen atoms in total. The van der Waals surface area contributed by atoms with Crippen LogP contribution < -0.4 is 10.2 Å². The first-order valence-electron chi connectivity index (χ1n) is 10.0. The normalized spacial score (nSPS) is 17.0. The van der Waals surface area contributed by atoms with Gasteiger partial charge in [-0.15, -0.1) is 0 Å². The molecule has 1 atom stereocenters. The Kier molecular flexibility index (Phi) is 7.95. The molecule has 1 aromatic carbocycles. The highest BCUT2D eigenvalue weighted by molar-refractivity contribution is 5.95. The van der Waals surface area contributed by atoms with Gasteiger partial charge >= 0.3 is 0 Å². The number of nitrogens with zero attached hydrogens (tertiary/aromatic N) is 2. The third-order valence-corrected chi connectivity index (χ3v) is 5.07. The molecule has 1 fully saturated rings. The molecule has 1 saturated heterocycles. The van der Waals surface area contributed by atoms with E-state index in [4.69, 9.17) is 0 Å². The minimum absolute atomic E-state index is 0.0298. The quantitative estimate of drug-likeness (QED) is 0.775. The average molecular weight is 360 g/mol. The van der Waals surface area contributed by atoms with Gasteiger partial charge in [-0.1, -0.05) is 13.3 Å². The molecule has 0 aromatic heterocycles. The second-order valence-corrected chi connectivity index (χ2v) is 6.96. The Morgan fingerprint density at radius 2 is 1.92 bits per heavy atom. The maximum Gasteiger partial charge on any atom is 0.253 e. The van der Waals surface area contributed by atoms with Crippen LogP contribution in [0.2, 0.25) is 0 Å². The van der Waals surface area contributed by atoms with E-state index >= 15 is 0 Å². The first kappa shape index (κ1) is 20.3. The Hall–Kier alpha value is -2.04. The van der Waals surface area contributed by atoms with Crippen molar-refractivity contribution in [3.63, 3.8) is 0 Å². The van der Waals surface area contributed by atoms with Crippen LogP contribution in [-0.4, -0.2) is 49.4 Å². The number of likely N-dealkylation sites (tertiary alicyclic amines) is 1. The third-order valence-electron chi connectivity index (χ3n) is 5.07. The number of rotatable bonds is 8. The van der Waals surface area contributed by atoms with Crippen molar-refractivity contribution in [2.24, 2.45) is 5.92 Å². The van der Waals surface area contributed by atoms with Crippen LogP contribution in [0, 0.1) is 5.92 Å². The number of amides is 2. The summed E-state index contributed by atoms with van der Waals surface area (Å²) in [5.74, 6) is 0.00793. The second-order valence-electron chi connectivity index (χ2n) is 6.96. The minimum atomic E-state index is -0.0865. The molecule has 2 amide bonds. The van der Waals surface area contributed by atoms with E-state index in [-0.39, 0.29) is 17.7 Å². The zero-order valence-electron chi connectivity index (χ0n) is 16.5. The molecule has 1 heterocycles. The van der Waals surface area contributed by atoms with Gasteiger partial charge in [0.2, 0.25) is 5.91 Å². The molecule has 0 radical (unpaired) electrons. The van der Waals surface area contributed by atoms with Crippen molar-refractivity contribution in [3.8, 4) is 0 Å². The second kappa shape index (κ2) is 10.2. The SMILES string of the molecule is CCCCN(CC)c1ccc(C(=O)N2CCCC(C(=O)NCC)C2)cc1. The zero-order chi connectivity index (χ0) is 18.9. The van der Waals surface area contributed by atoms with E-state index in [1.165, 1.54) is 12.8 Å². The number of hydrogen-bond acceptors (Lipinski definition) is 3. The lowest BCUT2D eigenvalue weighted by molar-refractivity contribution is -0.126. The average Bonchev–Trinajstić information content (AvgIpc) is 2.69. The Bertz CT molecular complexity index is 585. The smallest absolute Gasteiger partial charge is 0.253 e. The minimum Gasteiger partial charge on any atom is -0.372 e. The largest absolute Gasteiger partial charge is 0.372 e. The number of carbonyl (C=O) groups is 2. The number of anilines is 1. The van der Waals surface area contributed by atoms with Gasteiger partial charge in [-0.25, -0.2) is 0 Å². The third kappa shape index (κ3) is 5.23. The van der Waals surface area contributed by atoms with E-state index < -0.39 is 0 Å². The lowest BCUT2D eigenvalue weighted by Crippen LogP contribution is -2.45. The molecule has 0 saturated carbocycles. The Labute approximate surface area is 157 Å². The maximum absolute atomic E-state index is 12.8. The van der Waals surface area contributed by atoms with Crippen LogP contribution in [0.3, 0.4) is 0 Å². The molecule has 2 rings (SSSR count). The van der Waals surface area contributed by atoms with E-state index in [1.807, 2.05) is 36.1 Å². The topological polar surface area (TPSA) is 52.7 Å². The summed E-state index contributed by atoms with van der Waals surface area (Å²) < 4.78 is 0. The molecule has 0 aliphatic carbocycles. The van der Waals surface area contributed by atoms with Crippen LogP contribution >= 0.6 is 0 Å². The van der Waals surface area contributed by atoms with E-state index in [0.717, 1.165) is 38.2 Å². The molecule has 0 bridgehead atoms. The van der Waals surface area contributed by atoms with Crippen LogP contribution in [0.1, 0.15) is 56.8 Å².